The number of amides is 3. The average molecular weight is 401 g/mol. The molecule has 0 radical (unpaired) electrons. The van der Waals surface area contributed by atoms with Gasteiger partial charge in [0.05, 0.1) is 10.8 Å². The van der Waals surface area contributed by atoms with Crippen molar-refractivity contribution in [3.8, 4) is 0 Å². The second-order valence-corrected chi connectivity index (χ2v) is 9.20. The van der Waals surface area contributed by atoms with E-state index in [1.54, 1.807) is 19.9 Å². The number of rotatable bonds is 6. The van der Waals surface area contributed by atoms with E-state index in [1.165, 1.54) is 16.6 Å². The van der Waals surface area contributed by atoms with Crippen molar-refractivity contribution in [1.82, 2.24) is 19.9 Å². The van der Waals surface area contributed by atoms with Crippen LogP contribution < -0.4 is 10.6 Å². The van der Waals surface area contributed by atoms with Crippen molar-refractivity contribution >= 4 is 33.7 Å². The van der Waals surface area contributed by atoms with Gasteiger partial charge in [-0.1, -0.05) is 18.2 Å². The minimum atomic E-state index is -3.51. The summed E-state index contributed by atoms with van der Waals surface area (Å²) in [6.07, 6.45) is 4.12. The molecule has 0 aliphatic carbocycles. The first-order valence-corrected chi connectivity index (χ1v) is 10.9. The van der Waals surface area contributed by atoms with Crippen molar-refractivity contribution in [2.24, 2.45) is 0 Å². The van der Waals surface area contributed by atoms with E-state index >= 15 is 0 Å². The minimum absolute atomic E-state index is 0.0107. The number of piperidine rings is 1. The average Bonchev–Trinajstić information content (AvgIpc) is 2.60. The van der Waals surface area contributed by atoms with Crippen LogP contribution in [0.15, 0.2) is 28.3 Å². The van der Waals surface area contributed by atoms with E-state index in [0.717, 1.165) is 31.0 Å². The van der Waals surface area contributed by atoms with E-state index in [-0.39, 0.29) is 16.7 Å². The van der Waals surface area contributed by atoms with Crippen LogP contribution in [0.3, 0.4) is 0 Å². The van der Waals surface area contributed by atoms with Crippen LogP contribution in [0.4, 0.5) is 4.79 Å². The molecule has 1 fully saturated rings. The lowest BCUT2D eigenvalue weighted by atomic mass is 10.2. The Morgan fingerprint density at radius 2 is 1.92 bits per heavy atom. The van der Waals surface area contributed by atoms with E-state index in [9.17, 15) is 18.0 Å². The molecule has 0 spiro atoms. The number of carbonyl (C=O) groups is 2. The Balaban J connectivity index is 1.89. The van der Waals surface area contributed by atoms with Crippen LogP contribution in [0, 0.1) is 0 Å². The van der Waals surface area contributed by atoms with Gasteiger partial charge in [0, 0.05) is 25.3 Å². The molecular weight excluding hydrogens is 376 g/mol. The van der Waals surface area contributed by atoms with Crippen LogP contribution in [-0.2, 0) is 14.8 Å². The standard InChI is InChI=1S/C16H24N4O4S2/c1-12(2)18-16(22)19-14(21)11-25-15-7-6-13(10-17-15)26(23,24)20-8-4-3-5-9-20/h6-7,10,12H,3-5,8-9,11H2,1-2H3,(H2,18,19,21,22). The van der Waals surface area contributed by atoms with E-state index in [1.807, 2.05) is 0 Å². The molecular formula is C16H24N4O4S2. The molecule has 2 N–H and O–H groups in total. The highest BCUT2D eigenvalue weighted by molar-refractivity contribution is 7.99. The van der Waals surface area contributed by atoms with Gasteiger partial charge in [0.2, 0.25) is 15.9 Å². The highest BCUT2D eigenvalue weighted by atomic mass is 32.2. The molecule has 8 nitrogen and oxygen atoms in total. The van der Waals surface area contributed by atoms with Crippen LogP contribution in [0.25, 0.3) is 0 Å². The summed E-state index contributed by atoms with van der Waals surface area (Å²) in [7, 11) is -3.51. The SMILES string of the molecule is CC(C)NC(=O)NC(=O)CSc1ccc(S(=O)(=O)N2CCCCC2)cn1. The first-order chi connectivity index (χ1) is 12.3. The molecule has 1 aromatic heterocycles. The summed E-state index contributed by atoms with van der Waals surface area (Å²) in [6, 6.07) is 2.47. The Bertz CT molecular complexity index is 729. The van der Waals surface area contributed by atoms with Crippen molar-refractivity contribution in [3.63, 3.8) is 0 Å². The molecule has 0 unspecified atom stereocenters. The predicted octanol–water partition coefficient (Wildman–Crippen LogP) is 1.58. The van der Waals surface area contributed by atoms with Gasteiger partial charge >= 0.3 is 6.03 Å². The van der Waals surface area contributed by atoms with Gasteiger partial charge in [0.15, 0.2) is 0 Å². The predicted molar refractivity (Wildman–Crippen MR) is 99.4 cm³/mol. The lowest BCUT2D eigenvalue weighted by Gasteiger charge is -2.25. The van der Waals surface area contributed by atoms with Gasteiger partial charge in [-0.15, -0.1) is 0 Å². The zero-order valence-corrected chi connectivity index (χ0v) is 16.5. The molecule has 1 aliphatic rings. The number of nitrogens with zero attached hydrogens (tertiary/aromatic N) is 2. The van der Waals surface area contributed by atoms with Gasteiger partial charge in [-0.2, -0.15) is 4.31 Å². The smallest absolute Gasteiger partial charge is 0.321 e. The van der Waals surface area contributed by atoms with E-state index in [0.29, 0.717) is 18.1 Å². The van der Waals surface area contributed by atoms with Gasteiger partial charge in [-0.25, -0.2) is 18.2 Å². The molecule has 10 heteroatoms. The number of urea groups is 1. The molecule has 2 rings (SSSR count). The normalized spacial score (nSPS) is 15.7. The molecule has 3 amide bonds. The van der Waals surface area contributed by atoms with E-state index < -0.39 is 22.0 Å². The Hall–Kier alpha value is -1.65. The van der Waals surface area contributed by atoms with Gasteiger partial charge in [-0.05, 0) is 38.8 Å². The fourth-order valence-corrected chi connectivity index (χ4v) is 4.57. The summed E-state index contributed by atoms with van der Waals surface area (Å²) >= 11 is 1.13. The first-order valence-electron chi connectivity index (χ1n) is 8.48. The Kier molecular flexibility index (Phi) is 7.42. The monoisotopic (exact) mass is 400 g/mol. The highest BCUT2D eigenvalue weighted by Crippen LogP contribution is 2.22. The fourth-order valence-electron chi connectivity index (χ4n) is 2.46. The summed E-state index contributed by atoms with van der Waals surface area (Å²) in [5.41, 5.74) is 0. The van der Waals surface area contributed by atoms with Crippen molar-refractivity contribution in [1.29, 1.82) is 0 Å². The van der Waals surface area contributed by atoms with Gasteiger partial charge in [0.25, 0.3) is 0 Å². The van der Waals surface area contributed by atoms with E-state index in [4.69, 9.17) is 0 Å². The Morgan fingerprint density at radius 1 is 1.23 bits per heavy atom. The lowest BCUT2D eigenvalue weighted by Crippen LogP contribution is -2.43. The number of thioether (sulfide) groups is 1. The number of carbonyl (C=O) groups excluding carboxylic acids is 2. The van der Waals surface area contributed by atoms with Crippen LogP contribution in [0.2, 0.25) is 0 Å². The summed E-state index contributed by atoms with van der Waals surface area (Å²) < 4.78 is 26.6. The topological polar surface area (TPSA) is 108 Å². The van der Waals surface area contributed by atoms with Crippen LogP contribution in [0.1, 0.15) is 33.1 Å². The molecule has 144 valence electrons. The third-order valence-corrected chi connectivity index (χ3v) is 6.51. The fraction of sp³-hybridized carbons (Fsp3) is 0.562. The van der Waals surface area contributed by atoms with Gasteiger partial charge in [0.1, 0.15) is 4.90 Å². The number of pyridine rings is 1. The second-order valence-electron chi connectivity index (χ2n) is 6.26. The minimum Gasteiger partial charge on any atom is -0.336 e. The highest BCUT2D eigenvalue weighted by Gasteiger charge is 2.26. The van der Waals surface area contributed by atoms with Crippen molar-refractivity contribution in [3.05, 3.63) is 18.3 Å². The molecule has 0 atom stereocenters. The number of sulfonamides is 1. The molecule has 0 saturated carbocycles. The number of imide groups is 1. The Morgan fingerprint density at radius 3 is 2.50 bits per heavy atom. The number of hydrogen-bond donors (Lipinski definition) is 2. The summed E-state index contributed by atoms with van der Waals surface area (Å²) in [5, 5.41) is 5.30. The van der Waals surface area contributed by atoms with Gasteiger partial charge in [-0.3, -0.25) is 10.1 Å². The lowest BCUT2D eigenvalue weighted by molar-refractivity contribution is -0.117. The molecule has 0 bridgehead atoms. The first kappa shape index (κ1) is 20.7. The second kappa shape index (κ2) is 9.33. The van der Waals surface area contributed by atoms with Crippen molar-refractivity contribution < 1.29 is 18.0 Å². The quantitative estimate of drug-likeness (QED) is 0.702. The molecule has 26 heavy (non-hydrogen) atoms. The Labute approximate surface area is 158 Å². The molecule has 1 saturated heterocycles. The maximum Gasteiger partial charge on any atom is 0.321 e. The third kappa shape index (κ3) is 5.96. The molecule has 1 aromatic rings. The molecule has 1 aliphatic heterocycles. The van der Waals surface area contributed by atoms with Crippen LogP contribution >= 0.6 is 11.8 Å². The summed E-state index contributed by atoms with van der Waals surface area (Å²) in [4.78, 5) is 27.4. The summed E-state index contributed by atoms with van der Waals surface area (Å²) in [5.74, 6) is -0.434. The van der Waals surface area contributed by atoms with Gasteiger partial charge < -0.3 is 5.32 Å². The number of nitrogens with one attached hydrogen (secondary N) is 2. The summed E-state index contributed by atoms with van der Waals surface area (Å²) in [6.45, 7) is 4.67. The number of hydrogen-bond acceptors (Lipinski definition) is 6. The maximum atomic E-state index is 12.5. The van der Waals surface area contributed by atoms with E-state index in [2.05, 4.69) is 15.6 Å². The van der Waals surface area contributed by atoms with Crippen molar-refractivity contribution in [2.45, 2.75) is 49.1 Å². The molecule has 0 aromatic carbocycles. The zero-order valence-electron chi connectivity index (χ0n) is 14.9. The number of aromatic nitrogens is 1. The zero-order chi connectivity index (χ0) is 19.2. The largest absolute Gasteiger partial charge is 0.336 e. The third-order valence-electron chi connectivity index (χ3n) is 3.69. The van der Waals surface area contributed by atoms with Crippen molar-refractivity contribution in [2.75, 3.05) is 18.8 Å². The maximum absolute atomic E-state index is 12.5. The van der Waals surface area contributed by atoms with Crippen LogP contribution in [-0.4, -0.2) is 54.5 Å². The van der Waals surface area contributed by atoms with Crippen LogP contribution in [0.5, 0.6) is 0 Å². The molecule has 2 heterocycles.